The molecule has 3 aromatic rings. The Bertz CT molecular complexity index is 1390. The Labute approximate surface area is 224 Å². The molecule has 2 fully saturated rings. The van der Waals surface area contributed by atoms with Gasteiger partial charge in [-0.15, -0.1) is 0 Å². The van der Waals surface area contributed by atoms with Crippen molar-refractivity contribution in [2.75, 3.05) is 57.4 Å². The summed E-state index contributed by atoms with van der Waals surface area (Å²) in [7, 11) is -3.87. The van der Waals surface area contributed by atoms with Crippen LogP contribution in [-0.4, -0.2) is 76.0 Å². The lowest BCUT2D eigenvalue weighted by atomic mass is 10.2. The van der Waals surface area contributed by atoms with Gasteiger partial charge in [0.1, 0.15) is 10.5 Å². The molecule has 0 radical (unpaired) electrons. The molecule has 1 amide bonds. The zero-order valence-electron chi connectivity index (χ0n) is 19.3. The largest absolute Gasteiger partial charge is 0.451 e. The average Bonchev–Trinajstić information content (AvgIpc) is 3.15. The molecule has 0 N–H and O–H groups in total. The minimum atomic E-state index is -3.87. The molecule has 8 nitrogen and oxygen atoms in total. The topological polar surface area (TPSA) is 83.3 Å². The molecule has 0 atom stereocenters. The molecular weight excluding hydrogens is 549 g/mol. The summed E-state index contributed by atoms with van der Waals surface area (Å²) in [6.07, 6.45) is 0.585. The Morgan fingerprint density at radius 1 is 0.889 bits per heavy atom. The van der Waals surface area contributed by atoms with Gasteiger partial charge in [-0.25, -0.2) is 8.42 Å². The molecule has 2 aliphatic heterocycles. The van der Waals surface area contributed by atoms with Crippen LogP contribution in [0.25, 0.3) is 11.0 Å². The minimum Gasteiger partial charge on any atom is -0.451 e. The zero-order valence-corrected chi connectivity index (χ0v) is 22.3. The van der Waals surface area contributed by atoms with Crippen LogP contribution in [-0.2, 0) is 14.8 Å². The van der Waals surface area contributed by atoms with Crippen molar-refractivity contribution in [1.29, 1.82) is 0 Å². The number of carbonyl (C=O) groups excluding carboxylic acids is 1. The van der Waals surface area contributed by atoms with Crippen molar-refractivity contribution in [2.24, 2.45) is 0 Å². The van der Waals surface area contributed by atoms with Gasteiger partial charge in [0, 0.05) is 44.7 Å². The summed E-state index contributed by atoms with van der Waals surface area (Å²) in [6, 6.07) is 9.95. The number of furan rings is 1. The van der Waals surface area contributed by atoms with Gasteiger partial charge < -0.3 is 19.0 Å². The average molecular weight is 573 g/mol. The summed E-state index contributed by atoms with van der Waals surface area (Å²) in [5.74, 6) is 0.0386. The third kappa shape index (κ3) is 4.80. The maximum absolute atomic E-state index is 13.3. The second kappa shape index (κ2) is 10.4. The van der Waals surface area contributed by atoms with E-state index in [-0.39, 0.29) is 33.2 Å². The van der Waals surface area contributed by atoms with Crippen molar-refractivity contribution in [1.82, 2.24) is 9.21 Å². The summed E-state index contributed by atoms with van der Waals surface area (Å²) in [5.41, 5.74) is 1.28. The summed E-state index contributed by atoms with van der Waals surface area (Å²) in [6.45, 7) is 3.62. The summed E-state index contributed by atoms with van der Waals surface area (Å²) in [4.78, 5) is 16.5. The second-order valence-corrected chi connectivity index (χ2v) is 11.7. The Balaban J connectivity index is 1.37. The van der Waals surface area contributed by atoms with Crippen LogP contribution in [0.15, 0.2) is 45.7 Å². The number of sulfonamides is 1. The molecular formula is C24H24Cl3N3O5S. The molecule has 5 rings (SSSR count). The Hall–Kier alpha value is -2.01. The van der Waals surface area contributed by atoms with Gasteiger partial charge >= 0.3 is 0 Å². The minimum absolute atomic E-state index is 0.0721. The van der Waals surface area contributed by atoms with E-state index in [1.165, 1.54) is 16.4 Å². The standard InChI is InChI=1S/C24H24Cl3N3O5S/c25-17-3-1-4-18(26)23(17)36(32,33)30-8-2-7-28(9-10-30)19-5-6-20-16(22(19)27)15-21(35-20)24(31)29-11-13-34-14-12-29/h1,3-6,15H,2,7-14H2. The lowest BCUT2D eigenvalue weighted by Crippen LogP contribution is -2.40. The molecule has 2 aliphatic rings. The van der Waals surface area contributed by atoms with Crippen molar-refractivity contribution in [3.63, 3.8) is 0 Å². The monoisotopic (exact) mass is 571 g/mol. The van der Waals surface area contributed by atoms with Crippen LogP contribution in [0.2, 0.25) is 15.1 Å². The van der Waals surface area contributed by atoms with Gasteiger partial charge in [-0.3, -0.25) is 4.79 Å². The fourth-order valence-electron chi connectivity index (χ4n) is 4.57. The maximum atomic E-state index is 13.3. The molecule has 12 heteroatoms. The highest BCUT2D eigenvalue weighted by Gasteiger charge is 2.31. The van der Waals surface area contributed by atoms with Gasteiger partial charge in [-0.2, -0.15) is 4.31 Å². The number of ether oxygens (including phenoxy) is 1. The number of rotatable bonds is 4. The van der Waals surface area contributed by atoms with Gasteiger partial charge in [0.25, 0.3) is 5.91 Å². The van der Waals surface area contributed by atoms with Gasteiger partial charge in [-0.05, 0) is 36.8 Å². The number of benzene rings is 2. The smallest absolute Gasteiger partial charge is 0.289 e. The highest BCUT2D eigenvalue weighted by molar-refractivity contribution is 7.89. The molecule has 0 bridgehead atoms. The Kier molecular flexibility index (Phi) is 7.40. The SMILES string of the molecule is O=C(c1cc2c(Cl)c(N3CCCN(S(=O)(=O)c4c(Cl)cccc4Cl)CC3)ccc2o1)N1CCOCC1. The Morgan fingerprint density at radius 3 is 2.33 bits per heavy atom. The number of carbonyl (C=O) groups is 1. The number of anilines is 1. The molecule has 0 aliphatic carbocycles. The molecule has 3 heterocycles. The van der Waals surface area contributed by atoms with Crippen LogP contribution >= 0.6 is 34.8 Å². The quantitative estimate of drug-likeness (QED) is 0.448. The van der Waals surface area contributed by atoms with Crippen LogP contribution in [0.5, 0.6) is 0 Å². The third-order valence-electron chi connectivity index (χ3n) is 6.44. The van der Waals surface area contributed by atoms with Crippen molar-refractivity contribution >= 4 is 67.4 Å². The lowest BCUT2D eigenvalue weighted by molar-refractivity contribution is 0.0284. The molecule has 1 aromatic heterocycles. The molecule has 0 spiro atoms. The number of nitrogens with zero attached hydrogens (tertiary/aromatic N) is 3. The van der Waals surface area contributed by atoms with Crippen LogP contribution in [0.1, 0.15) is 17.0 Å². The van der Waals surface area contributed by atoms with E-state index >= 15 is 0 Å². The summed E-state index contributed by atoms with van der Waals surface area (Å²) >= 11 is 19.2. The number of hydrogen-bond donors (Lipinski definition) is 0. The predicted molar refractivity (Wildman–Crippen MR) is 140 cm³/mol. The molecule has 0 unspecified atom stereocenters. The first kappa shape index (κ1) is 25.6. The van der Waals surface area contributed by atoms with Crippen molar-refractivity contribution in [3.05, 3.63) is 57.2 Å². The fourth-order valence-corrected chi connectivity index (χ4v) is 7.46. The predicted octanol–water partition coefficient (Wildman–Crippen LogP) is 4.77. The first-order chi connectivity index (χ1) is 17.3. The van der Waals surface area contributed by atoms with Crippen LogP contribution in [0.4, 0.5) is 5.69 Å². The molecule has 192 valence electrons. The molecule has 2 saturated heterocycles. The van der Waals surface area contributed by atoms with Gasteiger partial charge in [0.15, 0.2) is 5.76 Å². The van der Waals surface area contributed by atoms with Crippen molar-refractivity contribution in [2.45, 2.75) is 11.3 Å². The number of halogens is 3. The molecule has 0 saturated carbocycles. The van der Waals surface area contributed by atoms with Crippen molar-refractivity contribution in [3.8, 4) is 0 Å². The van der Waals surface area contributed by atoms with Gasteiger partial charge in [-0.1, -0.05) is 40.9 Å². The number of amides is 1. The van der Waals surface area contributed by atoms with E-state index in [0.29, 0.717) is 68.4 Å². The van der Waals surface area contributed by atoms with E-state index in [1.807, 2.05) is 11.0 Å². The van der Waals surface area contributed by atoms with E-state index in [1.54, 1.807) is 23.1 Å². The number of morpholine rings is 1. The molecule has 2 aromatic carbocycles. The number of fused-ring (bicyclic) bond motifs is 1. The van der Waals surface area contributed by atoms with Gasteiger partial charge in [0.2, 0.25) is 10.0 Å². The first-order valence-corrected chi connectivity index (χ1v) is 14.1. The van der Waals surface area contributed by atoms with Gasteiger partial charge in [0.05, 0.1) is 34.0 Å². The summed E-state index contributed by atoms with van der Waals surface area (Å²) < 4.78 is 39.2. The van der Waals surface area contributed by atoms with Crippen LogP contribution in [0, 0.1) is 0 Å². The number of hydrogen-bond acceptors (Lipinski definition) is 6. The third-order valence-corrected chi connectivity index (χ3v) is 9.69. The first-order valence-electron chi connectivity index (χ1n) is 11.6. The fraction of sp³-hybridized carbons (Fsp3) is 0.375. The zero-order chi connectivity index (χ0) is 25.4. The highest BCUT2D eigenvalue weighted by Crippen LogP contribution is 2.37. The van der Waals surface area contributed by atoms with E-state index in [9.17, 15) is 13.2 Å². The summed E-state index contributed by atoms with van der Waals surface area (Å²) in [5, 5.41) is 1.30. The highest BCUT2D eigenvalue weighted by atomic mass is 35.5. The van der Waals surface area contributed by atoms with Crippen molar-refractivity contribution < 1.29 is 22.4 Å². The van der Waals surface area contributed by atoms with E-state index in [2.05, 4.69) is 0 Å². The second-order valence-electron chi connectivity index (χ2n) is 8.62. The molecule has 36 heavy (non-hydrogen) atoms. The van der Waals surface area contributed by atoms with E-state index < -0.39 is 10.0 Å². The maximum Gasteiger partial charge on any atom is 0.289 e. The van der Waals surface area contributed by atoms with E-state index in [4.69, 9.17) is 44.0 Å². The van der Waals surface area contributed by atoms with Crippen LogP contribution in [0.3, 0.4) is 0 Å². The van der Waals surface area contributed by atoms with E-state index in [0.717, 1.165) is 5.69 Å². The normalized spacial score (nSPS) is 18.0. The van der Waals surface area contributed by atoms with Crippen LogP contribution < -0.4 is 4.90 Å². The Morgan fingerprint density at radius 2 is 1.61 bits per heavy atom. The lowest BCUT2D eigenvalue weighted by Gasteiger charge is -2.25.